The molecule has 2 rings (SSSR count). The summed E-state index contributed by atoms with van der Waals surface area (Å²) < 4.78 is 0. The molecule has 0 aromatic rings. The van der Waals surface area contributed by atoms with Crippen LogP contribution < -0.4 is 0 Å². The molecule has 102 valence electrons. The summed E-state index contributed by atoms with van der Waals surface area (Å²) >= 11 is 0. The van der Waals surface area contributed by atoms with Gasteiger partial charge in [0.1, 0.15) is 0 Å². The molecule has 1 aliphatic carbocycles. The first-order valence-corrected chi connectivity index (χ1v) is 7.37. The Kier molecular flexibility index (Phi) is 3.99. The van der Waals surface area contributed by atoms with Crippen LogP contribution in [0.4, 0.5) is 0 Å². The average Bonchev–Trinajstić information content (AvgIpc) is 2.54. The van der Waals surface area contributed by atoms with Gasteiger partial charge in [-0.2, -0.15) is 5.26 Å². The molecule has 2 aliphatic rings. The van der Waals surface area contributed by atoms with E-state index in [2.05, 4.69) is 24.9 Å². The zero-order valence-corrected chi connectivity index (χ0v) is 11.8. The molecule has 0 spiro atoms. The summed E-state index contributed by atoms with van der Waals surface area (Å²) in [7, 11) is 2.05. The standard InChI is InChI=1S/C15H26N2O/c1-13-10-15(18,12-17(13)2)14(11-16)8-6-4-3-5-7-9-14/h13,18H,3-10,12H2,1-2H3. The second-order valence-electron chi connectivity index (χ2n) is 6.46. The van der Waals surface area contributed by atoms with Gasteiger partial charge in [0.15, 0.2) is 0 Å². The highest BCUT2D eigenvalue weighted by Gasteiger charge is 2.54. The third-order valence-corrected chi connectivity index (χ3v) is 5.21. The third-order valence-electron chi connectivity index (χ3n) is 5.21. The largest absolute Gasteiger partial charge is 0.387 e. The van der Waals surface area contributed by atoms with Crippen molar-refractivity contribution in [3.63, 3.8) is 0 Å². The Bertz CT molecular complexity index is 316. The van der Waals surface area contributed by atoms with Gasteiger partial charge in [0.2, 0.25) is 0 Å². The lowest BCUT2D eigenvalue weighted by Crippen LogP contribution is -2.49. The van der Waals surface area contributed by atoms with Crippen molar-refractivity contribution in [1.29, 1.82) is 5.26 Å². The van der Waals surface area contributed by atoms with Gasteiger partial charge in [0.25, 0.3) is 0 Å². The summed E-state index contributed by atoms with van der Waals surface area (Å²) in [5, 5.41) is 20.8. The Morgan fingerprint density at radius 2 is 1.72 bits per heavy atom. The Hall–Kier alpha value is -0.590. The normalized spacial score (nSPS) is 37.8. The van der Waals surface area contributed by atoms with E-state index in [0.29, 0.717) is 12.6 Å². The third kappa shape index (κ3) is 2.29. The summed E-state index contributed by atoms with van der Waals surface area (Å²) in [5.41, 5.74) is -1.31. The van der Waals surface area contributed by atoms with Gasteiger partial charge < -0.3 is 10.0 Å². The number of likely N-dealkylation sites (tertiary alicyclic amines) is 1. The van der Waals surface area contributed by atoms with E-state index in [1.807, 2.05) is 0 Å². The van der Waals surface area contributed by atoms with Gasteiger partial charge >= 0.3 is 0 Å². The molecule has 3 heteroatoms. The van der Waals surface area contributed by atoms with Crippen molar-refractivity contribution in [3.05, 3.63) is 0 Å². The molecule has 2 atom stereocenters. The summed E-state index contributed by atoms with van der Waals surface area (Å²) in [6, 6.07) is 2.91. The molecule has 0 aromatic carbocycles. The molecule has 2 fully saturated rings. The Morgan fingerprint density at radius 1 is 1.17 bits per heavy atom. The summed E-state index contributed by atoms with van der Waals surface area (Å²) in [5.74, 6) is 0. The number of nitrogens with zero attached hydrogens (tertiary/aromatic N) is 2. The molecular formula is C15H26N2O. The number of aliphatic hydroxyl groups is 1. The predicted octanol–water partition coefficient (Wildman–Crippen LogP) is 2.70. The van der Waals surface area contributed by atoms with Crippen LogP contribution in [0.25, 0.3) is 0 Å². The SMILES string of the molecule is CC1CC(O)(C2(C#N)CCCCCCC2)CN1C. The molecule has 1 N–H and O–H groups in total. The predicted molar refractivity (Wildman–Crippen MR) is 72.0 cm³/mol. The van der Waals surface area contributed by atoms with Crippen LogP contribution in [0.15, 0.2) is 0 Å². The molecule has 1 heterocycles. The van der Waals surface area contributed by atoms with Crippen LogP contribution in [-0.4, -0.2) is 35.2 Å². The number of hydrogen-bond acceptors (Lipinski definition) is 3. The van der Waals surface area contributed by atoms with Crippen molar-refractivity contribution in [2.45, 2.75) is 69.9 Å². The van der Waals surface area contributed by atoms with Gasteiger partial charge in [0.05, 0.1) is 17.1 Å². The van der Waals surface area contributed by atoms with E-state index in [-0.39, 0.29) is 0 Å². The highest BCUT2D eigenvalue weighted by atomic mass is 16.3. The lowest BCUT2D eigenvalue weighted by atomic mass is 9.65. The molecule has 0 aromatic heterocycles. The fourth-order valence-corrected chi connectivity index (χ4v) is 3.81. The molecule has 3 nitrogen and oxygen atoms in total. The topological polar surface area (TPSA) is 47.3 Å². The number of nitriles is 1. The van der Waals surface area contributed by atoms with Crippen LogP contribution in [0.3, 0.4) is 0 Å². The van der Waals surface area contributed by atoms with Crippen molar-refractivity contribution in [2.24, 2.45) is 5.41 Å². The molecule has 1 aliphatic heterocycles. The lowest BCUT2D eigenvalue weighted by Gasteiger charge is -2.41. The second kappa shape index (κ2) is 5.19. The van der Waals surface area contributed by atoms with Gasteiger partial charge in [-0.05, 0) is 33.2 Å². The van der Waals surface area contributed by atoms with E-state index in [9.17, 15) is 10.4 Å². The van der Waals surface area contributed by atoms with Crippen LogP contribution in [0, 0.1) is 16.7 Å². The minimum Gasteiger partial charge on any atom is -0.387 e. The maximum Gasteiger partial charge on any atom is 0.0974 e. The first-order valence-electron chi connectivity index (χ1n) is 7.37. The van der Waals surface area contributed by atoms with E-state index in [1.54, 1.807) is 0 Å². The van der Waals surface area contributed by atoms with Gasteiger partial charge in [-0.15, -0.1) is 0 Å². The van der Waals surface area contributed by atoms with Crippen molar-refractivity contribution in [3.8, 4) is 6.07 Å². The highest BCUT2D eigenvalue weighted by Crippen LogP contribution is 2.48. The first kappa shape index (κ1) is 13.8. The van der Waals surface area contributed by atoms with Crippen LogP contribution in [0.5, 0.6) is 0 Å². The second-order valence-corrected chi connectivity index (χ2v) is 6.46. The van der Waals surface area contributed by atoms with E-state index in [4.69, 9.17) is 0 Å². The van der Waals surface area contributed by atoms with E-state index in [1.165, 1.54) is 19.3 Å². The zero-order valence-electron chi connectivity index (χ0n) is 11.8. The average molecular weight is 250 g/mol. The molecule has 1 saturated heterocycles. The van der Waals surface area contributed by atoms with Crippen molar-refractivity contribution < 1.29 is 5.11 Å². The van der Waals surface area contributed by atoms with Gasteiger partial charge in [-0.25, -0.2) is 0 Å². The molecular weight excluding hydrogens is 224 g/mol. The van der Waals surface area contributed by atoms with Gasteiger partial charge in [-0.1, -0.05) is 32.1 Å². The number of rotatable bonds is 1. The smallest absolute Gasteiger partial charge is 0.0974 e. The molecule has 0 bridgehead atoms. The molecule has 18 heavy (non-hydrogen) atoms. The number of likely N-dealkylation sites (N-methyl/N-ethyl adjacent to an activating group) is 1. The maximum atomic E-state index is 11.1. The van der Waals surface area contributed by atoms with Crippen LogP contribution in [0.2, 0.25) is 0 Å². The van der Waals surface area contributed by atoms with Gasteiger partial charge in [0, 0.05) is 12.6 Å². The number of hydrogen-bond donors (Lipinski definition) is 1. The minimum atomic E-state index is -0.798. The van der Waals surface area contributed by atoms with E-state index in [0.717, 1.165) is 32.1 Å². The Balaban J connectivity index is 2.22. The van der Waals surface area contributed by atoms with E-state index < -0.39 is 11.0 Å². The molecule has 1 saturated carbocycles. The molecule has 2 unspecified atom stereocenters. The minimum absolute atomic E-state index is 0.380. The van der Waals surface area contributed by atoms with Crippen LogP contribution >= 0.6 is 0 Å². The summed E-state index contributed by atoms with van der Waals surface area (Å²) in [4.78, 5) is 2.19. The molecule has 0 amide bonds. The van der Waals surface area contributed by atoms with Crippen molar-refractivity contribution in [1.82, 2.24) is 4.90 Å². The Labute approximate surface area is 111 Å². The fraction of sp³-hybridized carbons (Fsp3) is 0.933. The number of β-amino-alcohol motifs (C(OH)–C–C–N with tert-alkyl or cyclic N) is 1. The van der Waals surface area contributed by atoms with Gasteiger partial charge in [-0.3, -0.25) is 0 Å². The Morgan fingerprint density at radius 3 is 2.17 bits per heavy atom. The maximum absolute atomic E-state index is 11.1. The zero-order chi connectivity index (χ0) is 13.2. The lowest BCUT2D eigenvalue weighted by molar-refractivity contribution is -0.0573. The van der Waals surface area contributed by atoms with Crippen LogP contribution in [0.1, 0.15) is 58.3 Å². The van der Waals surface area contributed by atoms with Crippen LogP contribution in [-0.2, 0) is 0 Å². The van der Waals surface area contributed by atoms with Crippen molar-refractivity contribution >= 4 is 0 Å². The van der Waals surface area contributed by atoms with Crippen molar-refractivity contribution in [2.75, 3.05) is 13.6 Å². The quantitative estimate of drug-likeness (QED) is 0.778. The van der Waals surface area contributed by atoms with E-state index >= 15 is 0 Å². The highest BCUT2D eigenvalue weighted by molar-refractivity contribution is 5.15. The first-order chi connectivity index (χ1) is 8.53. The fourth-order valence-electron chi connectivity index (χ4n) is 3.81. The summed E-state index contributed by atoms with van der Waals surface area (Å²) in [6.07, 6.45) is 8.39. The monoisotopic (exact) mass is 250 g/mol. The summed E-state index contributed by atoms with van der Waals surface area (Å²) in [6.45, 7) is 2.80. The molecule has 0 radical (unpaired) electrons.